The first kappa shape index (κ1) is 10.5. The Morgan fingerprint density at radius 1 is 1.57 bits per heavy atom. The Labute approximate surface area is 89.2 Å². The van der Waals surface area contributed by atoms with Crippen molar-refractivity contribution < 1.29 is 9.66 Å². The first-order valence-corrected chi connectivity index (χ1v) is 4.49. The molecule has 0 amide bonds. The highest BCUT2D eigenvalue weighted by Gasteiger charge is 2.05. The largest absolute Gasteiger partial charge is 0.481 e. The summed E-state index contributed by atoms with van der Waals surface area (Å²) >= 11 is 2.91. The molecule has 14 heavy (non-hydrogen) atoms. The van der Waals surface area contributed by atoms with E-state index in [-0.39, 0.29) is 12.3 Å². The molecule has 1 aromatic carbocycles. The van der Waals surface area contributed by atoms with E-state index in [1.807, 2.05) is 0 Å². The van der Waals surface area contributed by atoms with E-state index in [2.05, 4.69) is 26.7 Å². The van der Waals surface area contributed by atoms with Crippen LogP contribution in [0.2, 0.25) is 0 Å². The molecule has 4 nitrogen and oxygen atoms in total. The van der Waals surface area contributed by atoms with Gasteiger partial charge in [-0.2, -0.15) is 0 Å². The molecule has 5 heteroatoms. The van der Waals surface area contributed by atoms with E-state index < -0.39 is 4.92 Å². The molecule has 0 saturated heterocycles. The lowest BCUT2D eigenvalue weighted by molar-refractivity contribution is -0.384. The summed E-state index contributed by atoms with van der Waals surface area (Å²) in [4.78, 5) is 12.4. The number of ether oxygens (including phenoxy) is 1. The smallest absolute Gasteiger partial charge is 0.273 e. The van der Waals surface area contributed by atoms with Crippen LogP contribution in [0.25, 0.3) is 0 Å². The van der Waals surface area contributed by atoms with E-state index in [1.165, 1.54) is 12.1 Å². The van der Waals surface area contributed by atoms with E-state index in [0.717, 1.165) is 0 Å². The van der Waals surface area contributed by atoms with Gasteiger partial charge in [-0.15, -0.1) is 0 Å². The molecule has 0 aliphatic carbocycles. The standard InChI is InChI=1S/C9H6BrNO3/c10-5-2-6-14-9-4-1-3-8(7-9)11(12)13/h1,3-4,7H,6H2. The highest BCUT2D eigenvalue weighted by Crippen LogP contribution is 2.18. The number of nitro groups is 1. The summed E-state index contributed by atoms with van der Waals surface area (Å²) in [5, 5.41) is 10.4. The summed E-state index contributed by atoms with van der Waals surface area (Å²) in [6, 6.07) is 5.97. The van der Waals surface area contributed by atoms with Gasteiger partial charge in [0.15, 0.2) is 0 Å². The van der Waals surface area contributed by atoms with Crippen LogP contribution in [0.4, 0.5) is 5.69 Å². The lowest BCUT2D eigenvalue weighted by atomic mass is 10.3. The maximum Gasteiger partial charge on any atom is 0.273 e. The predicted molar refractivity (Wildman–Crippen MR) is 55.3 cm³/mol. The van der Waals surface area contributed by atoms with Gasteiger partial charge in [0.05, 0.1) is 11.0 Å². The van der Waals surface area contributed by atoms with Crippen LogP contribution < -0.4 is 4.74 Å². The quantitative estimate of drug-likeness (QED) is 0.473. The number of benzene rings is 1. The SMILES string of the molecule is O=[N+]([O-])c1cccc(OCC#CBr)c1. The van der Waals surface area contributed by atoms with Crippen molar-refractivity contribution in [2.24, 2.45) is 0 Å². The van der Waals surface area contributed by atoms with Crippen molar-refractivity contribution in [2.75, 3.05) is 6.61 Å². The molecule has 0 bridgehead atoms. The van der Waals surface area contributed by atoms with Crippen LogP contribution >= 0.6 is 15.9 Å². The second-order valence-corrected chi connectivity index (χ2v) is 2.71. The first-order valence-electron chi connectivity index (χ1n) is 3.70. The van der Waals surface area contributed by atoms with Crippen LogP contribution in [-0.2, 0) is 0 Å². The minimum absolute atomic E-state index is 0.00861. The van der Waals surface area contributed by atoms with Crippen LogP contribution in [0.5, 0.6) is 5.75 Å². The van der Waals surface area contributed by atoms with E-state index in [4.69, 9.17) is 4.74 Å². The Kier molecular flexibility index (Phi) is 3.95. The fourth-order valence-corrected chi connectivity index (χ4v) is 0.948. The number of nitrogens with zero attached hydrogens (tertiary/aromatic N) is 1. The highest BCUT2D eigenvalue weighted by atomic mass is 79.9. The minimum Gasteiger partial charge on any atom is -0.481 e. The van der Waals surface area contributed by atoms with Crippen LogP contribution in [0.1, 0.15) is 0 Å². The third kappa shape index (κ3) is 3.07. The number of hydrogen-bond acceptors (Lipinski definition) is 3. The number of rotatable bonds is 3. The van der Waals surface area contributed by atoms with Gasteiger partial charge in [0.1, 0.15) is 12.4 Å². The zero-order chi connectivity index (χ0) is 10.4. The van der Waals surface area contributed by atoms with Gasteiger partial charge in [-0.3, -0.25) is 10.1 Å². The number of non-ortho nitro benzene ring substituents is 1. The maximum atomic E-state index is 10.4. The van der Waals surface area contributed by atoms with Crippen molar-refractivity contribution in [3.8, 4) is 16.5 Å². The van der Waals surface area contributed by atoms with Crippen LogP contribution in [0.3, 0.4) is 0 Å². The Bertz CT molecular complexity index is 395. The minimum atomic E-state index is -0.469. The summed E-state index contributed by atoms with van der Waals surface area (Å²) in [6.07, 6.45) is 0. The molecule has 1 aromatic rings. The van der Waals surface area contributed by atoms with E-state index in [0.29, 0.717) is 5.75 Å². The molecule has 0 radical (unpaired) electrons. The number of halogens is 1. The summed E-state index contributed by atoms with van der Waals surface area (Å²) in [6.45, 7) is 0.201. The third-order valence-corrected chi connectivity index (χ3v) is 1.69. The molecule has 0 aliphatic rings. The molecule has 0 heterocycles. The predicted octanol–water partition coefficient (Wildman–Crippen LogP) is 2.33. The van der Waals surface area contributed by atoms with Crippen molar-refractivity contribution >= 4 is 21.6 Å². The average molecular weight is 256 g/mol. The molecule has 0 N–H and O–H groups in total. The van der Waals surface area contributed by atoms with Gasteiger partial charge in [-0.05, 0) is 16.8 Å². The molecular formula is C9H6BrNO3. The van der Waals surface area contributed by atoms with Crippen molar-refractivity contribution in [3.05, 3.63) is 34.4 Å². The van der Waals surface area contributed by atoms with Gasteiger partial charge in [0.2, 0.25) is 0 Å². The number of hydrogen-bond donors (Lipinski definition) is 0. The van der Waals surface area contributed by atoms with Crippen LogP contribution in [-0.4, -0.2) is 11.5 Å². The fraction of sp³-hybridized carbons (Fsp3) is 0.111. The Morgan fingerprint density at radius 2 is 2.36 bits per heavy atom. The number of nitro benzene ring substituents is 1. The van der Waals surface area contributed by atoms with Crippen molar-refractivity contribution in [3.63, 3.8) is 0 Å². The molecule has 0 saturated carbocycles. The average Bonchev–Trinajstić information content (AvgIpc) is 2.19. The lowest BCUT2D eigenvalue weighted by Crippen LogP contribution is -1.94. The molecular weight excluding hydrogens is 250 g/mol. The van der Waals surface area contributed by atoms with Crippen LogP contribution in [0, 0.1) is 20.9 Å². The van der Waals surface area contributed by atoms with Gasteiger partial charge in [-0.25, -0.2) is 0 Å². The molecule has 0 aliphatic heterocycles. The van der Waals surface area contributed by atoms with Crippen LogP contribution in [0.15, 0.2) is 24.3 Å². The Balaban J connectivity index is 2.71. The van der Waals surface area contributed by atoms with Crippen molar-refractivity contribution in [1.29, 1.82) is 0 Å². The highest BCUT2D eigenvalue weighted by molar-refractivity contribution is 9.12. The normalized spacial score (nSPS) is 8.64. The molecule has 72 valence electrons. The Morgan fingerprint density at radius 3 is 3.00 bits per heavy atom. The van der Waals surface area contributed by atoms with Crippen molar-refractivity contribution in [1.82, 2.24) is 0 Å². The third-order valence-electron chi connectivity index (χ3n) is 1.41. The Hall–Kier alpha value is -1.54. The van der Waals surface area contributed by atoms with E-state index >= 15 is 0 Å². The summed E-state index contributed by atoms with van der Waals surface area (Å²) in [5.41, 5.74) is 0.00861. The second-order valence-electron chi connectivity index (χ2n) is 2.31. The first-order chi connectivity index (χ1) is 6.74. The van der Waals surface area contributed by atoms with Gasteiger partial charge < -0.3 is 4.74 Å². The summed E-state index contributed by atoms with van der Waals surface area (Å²) in [5.74, 6) is 3.06. The fourth-order valence-electron chi connectivity index (χ4n) is 0.834. The van der Waals surface area contributed by atoms with Gasteiger partial charge in [0, 0.05) is 22.0 Å². The van der Waals surface area contributed by atoms with Crippen molar-refractivity contribution in [2.45, 2.75) is 0 Å². The van der Waals surface area contributed by atoms with Gasteiger partial charge in [-0.1, -0.05) is 6.07 Å². The topological polar surface area (TPSA) is 52.4 Å². The molecule has 0 fully saturated rings. The van der Waals surface area contributed by atoms with Gasteiger partial charge >= 0.3 is 0 Å². The second kappa shape index (κ2) is 5.25. The molecule has 0 unspecified atom stereocenters. The maximum absolute atomic E-state index is 10.4. The molecule has 0 aromatic heterocycles. The summed E-state index contributed by atoms with van der Waals surface area (Å²) < 4.78 is 5.13. The molecule has 1 rings (SSSR count). The monoisotopic (exact) mass is 255 g/mol. The zero-order valence-corrected chi connectivity index (χ0v) is 8.65. The molecule has 0 atom stereocenters. The lowest BCUT2D eigenvalue weighted by Gasteiger charge is -2.00. The summed E-state index contributed by atoms with van der Waals surface area (Å²) in [7, 11) is 0. The van der Waals surface area contributed by atoms with E-state index in [1.54, 1.807) is 12.1 Å². The molecule has 0 spiro atoms. The van der Waals surface area contributed by atoms with E-state index in [9.17, 15) is 10.1 Å². The zero-order valence-electron chi connectivity index (χ0n) is 7.07. The van der Waals surface area contributed by atoms with Gasteiger partial charge in [0.25, 0.3) is 5.69 Å².